The molecule has 120 valence electrons. The van der Waals surface area contributed by atoms with Gasteiger partial charge in [0, 0.05) is 12.6 Å². The van der Waals surface area contributed by atoms with Crippen molar-refractivity contribution in [1.82, 2.24) is 4.72 Å². The second kappa shape index (κ2) is 7.33. The highest BCUT2D eigenvalue weighted by Gasteiger charge is 2.22. The third-order valence-electron chi connectivity index (χ3n) is 3.86. The van der Waals surface area contributed by atoms with Crippen LogP contribution in [0.1, 0.15) is 37.8 Å². The maximum Gasteiger partial charge on any atom is 0.241 e. The van der Waals surface area contributed by atoms with Gasteiger partial charge >= 0.3 is 0 Å². The van der Waals surface area contributed by atoms with E-state index in [9.17, 15) is 12.8 Å². The average molecular weight is 316 g/mol. The van der Waals surface area contributed by atoms with Crippen LogP contribution in [-0.2, 0) is 10.0 Å². The van der Waals surface area contributed by atoms with Gasteiger partial charge in [-0.3, -0.25) is 0 Å². The smallest absolute Gasteiger partial charge is 0.241 e. The lowest BCUT2D eigenvalue weighted by Gasteiger charge is -2.22. The van der Waals surface area contributed by atoms with Crippen LogP contribution in [0.5, 0.6) is 0 Å². The Bertz CT molecular complexity index is 560. The number of hydrogen-bond acceptors (Lipinski definition) is 3. The van der Waals surface area contributed by atoms with Crippen LogP contribution < -0.4 is 10.5 Å². The number of nitrogens with two attached hydrogens (primary N) is 1. The molecule has 3 N–H and O–H groups in total. The first-order valence-corrected chi connectivity index (χ1v) is 8.73. The topological polar surface area (TPSA) is 72.2 Å². The lowest BCUT2D eigenvalue weighted by atomic mass is 9.95. The fourth-order valence-electron chi connectivity index (χ4n) is 2.66. The van der Waals surface area contributed by atoms with E-state index in [2.05, 4.69) is 4.72 Å². The summed E-state index contributed by atoms with van der Waals surface area (Å²) >= 11 is 0. The minimum Gasteiger partial charge on any atom is -0.326 e. The first-order valence-electron chi connectivity index (χ1n) is 7.24. The highest BCUT2D eigenvalue weighted by atomic mass is 32.2. The fraction of sp³-hybridized carbons (Fsp3) is 0.600. The van der Waals surface area contributed by atoms with Gasteiger partial charge in [-0.25, -0.2) is 17.5 Å². The molecule has 1 aromatic rings. The van der Waals surface area contributed by atoms with E-state index in [4.69, 9.17) is 5.73 Å². The van der Waals surface area contributed by atoms with Crippen molar-refractivity contribution < 1.29 is 12.8 Å². The van der Waals surface area contributed by atoms with Gasteiger partial charge in [0.1, 0.15) is 5.82 Å². The van der Waals surface area contributed by atoms with Crippen LogP contribution in [0.4, 0.5) is 4.39 Å². The van der Waals surface area contributed by atoms with Crippen LogP contribution in [0.2, 0.25) is 0 Å². The molecule has 0 bridgehead atoms. The number of nitrogens with one attached hydrogen (secondary N) is 1. The number of halogens is 1. The highest BCUT2D eigenvalue weighted by Crippen LogP contribution is 2.21. The van der Waals surface area contributed by atoms with Crippen molar-refractivity contribution in [3.8, 4) is 0 Å². The summed E-state index contributed by atoms with van der Waals surface area (Å²) in [7, 11) is -3.68. The Morgan fingerprint density at radius 3 is 2.10 bits per heavy atom. The summed E-state index contributed by atoms with van der Waals surface area (Å²) in [5.41, 5.74) is 6.84. The summed E-state index contributed by atoms with van der Waals surface area (Å²) in [5.74, 6) is -0.152. The number of rotatable bonds is 7. The summed E-state index contributed by atoms with van der Waals surface area (Å²) in [5, 5.41) is 0. The molecule has 0 saturated carbocycles. The van der Waals surface area contributed by atoms with E-state index in [0.717, 1.165) is 12.8 Å². The molecule has 4 nitrogen and oxygen atoms in total. The van der Waals surface area contributed by atoms with Gasteiger partial charge in [0.05, 0.1) is 4.90 Å². The molecule has 21 heavy (non-hydrogen) atoms. The van der Waals surface area contributed by atoms with Gasteiger partial charge in [0.25, 0.3) is 0 Å². The Morgan fingerprint density at radius 1 is 1.19 bits per heavy atom. The molecule has 0 saturated heterocycles. The monoisotopic (exact) mass is 316 g/mol. The normalized spacial score (nSPS) is 13.7. The van der Waals surface area contributed by atoms with Crippen molar-refractivity contribution in [3.63, 3.8) is 0 Å². The minimum absolute atomic E-state index is 0.139. The van der Waals surface area contributed by atoms with Crippen LogP contribution >= 0.6 is 0 Å². The zero-order valence-electron chi connectivity index (χ0n) is 13.1. The van der Waals surface area contributed by atoms with Gasteiger partial charge in [0.2, 0.25) is 10.0 Å². The lowest BCUT2D eigenvalue weighted by molar-refractivity contribution is 0.392. The second-order valence-corrected chi connectivity index (χ2v) is 7.16. The zero-order valence-corrected chi connectivity index (χ0v) is 13.9. The van der Waals surface area contributed by atoms with Crippen molar-refractivity contribution in [2.24, 2.45) is 11.7 Å². The number of hydrogen-bond donors (Lipinski definition) is 2. The number of sulfonamides is 1. The van der Waals surface area contributed by atoms with E-state index < -0.39 is 15.8 Å². The predicted octanol–water partition coefficient (Wildman–Crippen LogP) is 2.48. The summed E-state index contributed by atoms with van der Waals surface area (Å²) in [6.45, 7) is 7.44. The lowest BCUT2D eigenvalue weighted by Crippen LogP contribution is -2.42. The quantitative estimate of drug-likeness (QED) is 0.812. The molecule has 6 heteroatoms. The summed E-state index contributed by atoms with van der Waals surface area (Å²) < 4.78 is 40.6. The van der Waals surface area contributed by atoms with Crippen molar-refractivity contribution in [1.29, 1.82) is 0 Å². The van der Waals surface area contributed by atoms with Crippen LogP contribution in [0, 0.1) is 25.6 Å². The van der Waals surface area contributed by atoms with E-state index in [-0.39, 0.29) is 23.4 Å². The third-order valence-corrected chi connectivity index (χ3v) is 5.59. The van der Waals surface area contributed by atoms with Gasteiger partial charge in [-0.2, -0.15) is 0 Å². The molecule has 1 atom stereocenters. The van der Waals surface area contributed by atoms with Crippen molar-refractivity contribution in [2.45, 2.75) is 51.5 Å². The minimum atomic E-state index is -3.68. The molecule has 1 aromatic carbocycles. The highest BCUT2D eigenvalue weighted by molar-refractivity contribution is 7.89. The van der Waals surface area contributed by atoms with E-state index in [0.29, 0.717) is 11.1 Å². The SMILES string of the molecule is CCC(CC)C(N)CNS(=O)(=O)c1c(C)cc(F)cc1C. The van der Waals surface area contributed by atoms with Gasteiger partial charge in [-0.1, -0.05) is 26.7 Å². The molecule has 0 fully saturated rings. The standard InChI is InChI=1S/C15H25FN2O2S/c1-5-12(6-2)14(17)9-18-21(19,20)15-10(3)7-13(16)8-11(15)4/h7-8,12,14,18H,5-6,9,17H2,1-4H3. The van der Waals surface area contributed by atoms with Gasteiger partial charge in [-0.15, -0.1) is 0 Å². The second-order valence-electron chi connectivity index (χ2n) is 5.46. The molecule has 0 aliphatic heterocycles. The van der Waals surface area contributed by atoms with Crippen molar-refractivity contribution in [2.75, 3.05) is 6.54 Å². The van der Waals surface area contributed by atoms with Gasteiger partial charge in [-0.05, 0) is 43.0 Å². The molecule has 1 unspecified atom stereocenters. The average Bonchev–Trinajstić information content (AvgIpc) is 2.36. The van der Waals surface area contributed by atoms with Crippen LogP contribution in [0.15, 0.2) is 17.0 Å². The van der Waals surface area contributed by atoms with Gasteiger partial charge in [0.15, 0.2) is 0 Å². The van der Waals surface area contributed by atoms with E-state index >= 15 is 0 Å². The molecular weight excluding hydrogens is 291 g/mol. The van der Waals surface area contributed by atoms with Crippen molar-refractivity contribution in [3.05, 3.63) is 29.1 Å². The number of benzene rings is 1. The predicted molar refractivity (Wildman–Crippen MR) is 83.1 cm³/mol. The Hall–Kier alpha value is -0.980. The Balaban J connectivity index is 2.93. The summed E-state index contributed by atoms with van der Waals surface area (Å²) in [6.07, 6.45) is 1.82. The molecule has 1 rings (SSSR count). The third kappa shape index (κ3) is 4.49. The van der Waals surface area contributed by atoms with Crippen LogP contribution in [-0.4, -0.2) is 21.0 Å². The van der Waals surface area contributed by atoms with Crippen LogP contribution in [0.25, 0.3) is 0 Å². The van der Waals surface area contributed by atoms with Crippen LogP contribution in [0.3, 0.4) is 0 Å². The van der Waals surface area contributed by atoms with E-state index in [1.807, 2.05) is 13.8 Å². The molecule has 0 aliphatic carbocycles. The molecular formula is C15H25FN2O2S. The molecule has 0 amide bonds. The first-order chi connectivity index (χ1) is 9.72. The van der Waals surface area contributed by atoms with E-state index in [1.54, 1.807) is 13.8 Å². The molecule has 0 heterocycles. The fourth-order valence-corrected chi connectivity index (χ4v) is 4.18. The number of aryl methyl sites for hydroxylation is 2. The maximum atomic E-state index is 13.3. The summed E-state index contributed by atoms with van der Waals surface area (Å²) in [6, 6.07) is 2.22. The van der Waals surface area contributed by atoms with E-state index in [1.165, 1.54) is 12.1 Å². The summed E-state index contributed by atoms with van der Waals surface area (Å²) in [4.78, 5) is 0.139. The zero-order chi connectivity index (χ0) is 16.2. The molecule has 0 radical (unpaired) electrons. The Labute approximate surface area is 127 Å². The maximum absolute atomic E-state index is 13.3. The largest absolute Gasteiger partial charge is 0.326 e. The molecule has 0 spiro atoms. The molecule has 0 aliphatic rings. The Kier molecular flexibility index (Phi) is 6.31. The van der Waals surface area contributed by atoms with Crippen molar-refractivity contribution >= 4 is 10.0 Å². The first kappa shape index (κ1) is 18.1. The molecule has 0 aromatic heterocycles. The Morgan fingerprint density at radius 2 is 1.67 bits per heavy atom. The van der Waals surface area contributed by atoms with Gasteiger partial charge < -0.3 is 5.73 Å².